The minimum atomic E-state index is -2.93. The third kappa shape index (κ3) is 1.50. The highest BCUT2D eigenvalue weighted by Crippen LogP contribution is 2.29. The number of hydrogen-bond donors (Lipinski definition) is 0. The third-order valence-corrected chi connectivity index (χ3v) is 3.83. The Morgan fingerprint density at radius 3 is 2.67 bits per heavy atom. The van der Waals surface area contributed by atoms with E-state index in [4.69, 9.17) is 6.42 Å². The molecule has 0 atom stereocenters. The topological polar surface area (TPSA) is 34.1 Å². The highest BCUT2D eigenvalue weighted by Gasteiger charge is 2.18. The molecule has 0 spiro atoms. The van der Waals surface area contributed by atoms with E-state index in [0.717, 1.165) is 10.8 Å². The minimum Gasteiger partial charge on any atom is -0.217 e. The molecule has 0 aliphatic carbocycles. The van der Waals surface area contributed by atoms with E-state index in [2.05, 4.69) is 5.92 Å². The van der Waals surface area contributed by atoms with Gasteiger partial charge in [0.2, 0.25) is 8.87 Å². The van der Waals surface area contributed by atoms with Crippen molar-refractivity contribution in [1.29, 1.82) is 0 Å². The lowest BCUT2D eigenvalue weighted by molar-refractivity contribution is 0.613. The monoisotopic (exact) mass is 160 g/mol. The second kappa shape index (κ2) is 2.09. The van der Waals surface area contributed by atoms with Crippen molar-refractivity contribution < 1.29 is 8.42 Å². The first-order chi connectivity index (χ1) is 4.14. The Hall–Kier alpha value is -0.400. The van der Waals surface area contributed by atoms with Gasteiger partial charge in [0.15, 0.2) is 0 Å². The Balaban J connectivity index is 2.87. The molecule has 1 aliphatic heterocycles. The molecule has 1 heterocycles. The number of allylic oxidation sites excluding steroid dienone is 1. The maximum absolute atomic E-state index is 10.6. The second-order valence-corrected chi connectivity index (χ2v) is 5.60. The molecule has 0 N–H and O–H groups in total. The minimum absolute atomic E-state index is 0.0806. The molecule has 9 heavy (non-hydrogen) atoms. The van der Waals surface area contributed by atoms with Gasteiger partial charge in [0.05, 0.1) is 10.7 Å². The average Bonchev–Trinajstić information content (AvgIpc) is 2.10. The quantitative estimate of drug-likeness (QED) is 0.384. The molecule has 0 radical (unpaired) electrons. The van der Waals surface area contributed by atoms with Gasteiger partial charge in [0.1, 0.15) is 0 Å². The van der Waals surface area contributed by atoms with Gasteiger partial charge in [-0.2, -0.15) is 0 Å². The largest absolute Gasteiger partial charge is 0.217 e. The van der Waals surface area contributed by atoms with Gasteiger partial charge in [0, 0.05) is 10.8 Å². The average molecular weight is 160 g/mol. The SMILES string of the molecule is C#CC1=CCS(=O)(=O)S1. The Kier molecular flexibility index (Phi) is 1.56. The van der Waals surface area contributed by atoms with Crippen LogP contribution in [0.4, 0.5) is 0 Å². The zero-order valence-electron chi connectivity index (χ0n) is 4.49. The summed E-state index contributed by atoms with van der Waals surface area (Å²) in [7, 11) is -2.16. The zero-order valence-corrected chi connectivity index (χ0v) is 6.13. The molecule has 1 aliphatic rings. The van der Waals surface area contributed by atoms with Crippen molar-refractivity contribution in [3.05, 3.63) is 11.0 Å². The fraction of sp³-hybridized carbons (Fsp3) is 0.200. The molecule has 0 bridgehead atoms. The van der Waals surface area contributed by atoms with Crippen LogP contribution >= 0.6 is 10.8 Å². The lowest BCUT2D eigenvalue weighted by Gasteiger charge is -1.85. The van der Waals surface area contributed by atoms with Crippen molar-refractivity contribution in [1.82, 2.24) is 0 Å². The van der Waals surface area contributed by atoms with Crippen LogP contribution in [0.1, 0.15) is 0 Å². The summed E-state index contributed by atoms with van der Waals surface area (Å²) < 4.78 is 21.2. The van der Waals surface area contributed by atoms with E-state index < -0.39 is 8.87 Å². The summed E-state index contributed by atoms with van der Waals surface area (Å²) in [6.07, 6.45) is 6.49. The summed E-state index contributed by atoms with van der Waals surface area (Å²) in [6, 6.07) is 0. The van der Waals surface area contributed by atoms with Crippen LogP contribution in [0.2, 0.25) is 0 Å². The van der Waals surface area contributed by atoms with Gasteiger partial charge in [0.25, 0.3) is 0 Å². The van der Waals surface area contributed by atoms with E-state index in [9.17, 15) is 8.42 Å². The standard InChI is InChI=1S/C5H4O2S2/c1-2-5-3-4-9(6,7)8-5/h1,3H,4H2. The van der Waals surface area contributed by atoms with Crippen molar-refractivity contribution in [2.24, 2.45) is 0 Å². The van der Waals surface area contributed by atoms with Gasteiger partial charge in [-0.3, -0.25) is 0 Å². The summed E-state index contributed by atoms with van der Waals surface area (Å²) >= 11 is 0. The predicted octanol–water partition coefficient (Wildman–Crippen LogP) is 0.580. The maximum atomic E-state index is 10.6. The van der Waals surface area contributed by atoms with Crippen LogP contribution in [0.25, 0.3) is 0 Å². The third-order valence-electron chi connectivity index (χ3n) is 0.832. The molecule has 0 saturated heterocycles. The Labute approximate surface area is 57.7 Å². The molecule has 48 valence electrons. The normalized spacial score (nSPS) is 22.8. The second-order valence-electron chi connectivity index (χ2n) is 1.52. The predicted molar refractivity (Wildman–Crippen MR) is 38.3 cm³/mol. The van der Waals surface area contributed by atoms with E-state index in [-0.39, 0.29) is 5.75 Å². The van der Waals surface area contributed by atoms with E-state index in [1.807, 2.05) is 0 Å². The van der Waals surface area contributed by atoms with Crippen LogP contribution in [-0.2, 0) is 8.87 Å². The van der Waals surface area contributed by atoms with Gasteiger partial charge in [-0.1, -0.05) is 5.92 Å². The van der Waals surface area contributed by atoms with Crippen molar-refractivity contribution in [2.45, 2.75) is 0 Å². The van der Waals surface area contributed by atoms with Crippen LogP contribution < -0.4 is 0 Å². The molecule has 2 nitrogen and oxygen atoms in total. The van der Waals surface area contributed by atoms with Gasteiger partial charge >= 0.3 is 0 Å². The van der Waals surface area contributed by atoms with Crippen molar-refractivity contribution in [3.8, 4) is 12.3 Å². The molecule has 0 aromatic carbocycles. The molecule has 1 rings (SSSR count). The van der Waals surface area contributed by atoms with Crippen LogP contribution in [0.5, 0.6) is 0 Å². The molecule has 0 amide bonds. The molecule has 0 saturated carbocycles. The van der Waals surface area contributed by atoms with Gasteiger partial charge in [-0.15, -0.1) is 6.42 Å². The highest BCUT2D eigenvalue weighted by molar-refractivity contribution is 8.74. The smallest absolute Gasteiger partial charge is 0.210 e. The molecule has 0 unspecified atom stereocenters. The zero-order chi connectivity index (χ0) is 6.91. The first-order valence-electron chi connectivity index (χ1n) is 2.23. The Morgan fingerprint density at radius 2 is 2.44 bits per heavy atom. The van der Waals surface area contributed by atoms with Crippen molar-refractivity contribution in [3.63, 3.8) is 0 Å². The van der Waals surface area contributed by atoms with E-state index >= 15 is 0 Å². The van der Waals surface area contributed by atoms with Crippen LogP contribution in [0.15, 0.2) is 11.0 Å². The first kappa shape index (κ1) is 6.72. The summed E-state index contributed by atoms with van der Waals surface area (Å²) in [4.78, 5) is 0.509. The first-order valence-corrected chi connectivity index (χ1v) is 5.21. The fourth-order valence-corrected chi connectivity index (χ4v) is 3.06. The molecular formula is C5H4O2S2. The maximum Gasteiger partial charge on any atom is 0.210 e. The lowest BCUT2D eigenvalue weighted by atomic mass is 10.5. The highest BCUT2D eigenvalue weighted by atomic mass is 33.1. The van der Waals surface area contributed by atoms with E-state index in [1.54, 1.807) is 6.08 Å². The summed E-state index contributed by atoms with van der Waals surface area (Å²) in [5.74, 6) is 2.34. The van der Waals surface area contributed by atoms with Gasteiger partial charge in [-0.05, 0) is 6.08 Å². The molecular weight excluding hydrogens is 156 g/mol. The number of terminal acetylenes is 1. The molecule has 4 heteroatoms. The summed E-state index contributed by atoms with van der Waals surface area (Å²) in [6.45, 7) is 0. The van der Waals surface area contributed by atoms with Crippen LogP contribution in [0.3, 0.4) is 0 Å². The van der Waals surface area contributed by atoms with Crippen LogP contribution in [-0.4, -0.2) is 14.2 Å². The summed E-state index contributed by atoms with van der Waals surface area (Å²) in [5.41, 5.74) is 0. The van der Waals surface area contributed by atoms with Crippen LogP contribution in [0, 0.1) is 12.3 Å². The van der Waals surface area contributed by atoms with Gasteiger partial charge in [-0.25, -0.2) is 8.42 Å². The summed E-state index contributed by atoms with van der Waals surface area (Å²) in [5, 5.41) is 0. The van der Waals surface area contributed by atoms with Gasteiger partial charge < -0.3 is 0 Å². The Morgan fingerprint density at radius 1 is 1.78 bits per heavy atom. The molecule has 0 fully saturated rings. The lowest BCUT2D eigenvalue weighted by Crippen LogP contribution is -1.89. The Bertz CT molecular complexity index is 279. The fourth-order valence-electron chi connectivity index (χ4n) is 0.466. The van der Waals surface area contributed by atoms with E-state index in [0.29, 0.717) is 4.91 Å². The molecule has 0 aromatic rings. The van der Waals surface area contributed by atoms with Crippen molar-refractivity contribution in [2.75, 3.05) is 5.75 Å². The van der Waals surface area contributed by atoms with E-state index in [1.165, 1.54) is 0 Å². The number of hydrogen-bond acceptors (Lipinski definition) is 3. The van der Waals surface area contributed by atoms with Crippen molar-refractivity contribution >= 4 is 19.7 Å². The number of rotatable bonds is 0. The molecule has 0 aromatic heterocycles.